The van der Waals surface area contributed by atoms with E-state index in [1.165, 1.54) is 0 Å². The Labute approximate surface area is 76.2 Å². The van der Waals surface area contributed by atoms with E-state index < -0.39 is 0 Å². The van der Waals surface area contributed by atoms with Gasteiger partial charge >= 0.3 is 11.4 Å². The third kappa shape index (κ3) is 967. The van der Waals surface area contributed by atoms with Crippen LogP contribution in [-0.2, 0) is 10.1 Å². The monoisotopic (exact) mass is 212 g/mol. The highest BCUT2D eigenvalue weighted by Crippen LogP contribution is 1.24. The van der Waals surface area contributed by atoms with Crippen LogP contribution in [-0.4, -0.2) is 42.9 Å². The molecule has 0 aliphatic carbocycles. The smallest absolute Gasteiger partial charge is 0.412 e. The van der Waals surface area contributed by atoms with Gasteiger partial charge in [0.15, 0.2) is 0 Å². The summed E-state index contributed by atoms with van der Waals surface area (Å²) in [5.41, 5.74) is 0. The predicted molar refractivity (Wildman–Crippen MR) is 42.8 cm³/mol. The Morgan fingerprint density at radius 2 is 0.667 bits per heavy atom. The largest absolute Gasteiger partial charge is 1.00 e. The van der Waals surface area contributed by atoms with E-state index in [2.05, 4.69) is 10.1 Å². The van der Waals surface area contributed by atoms with E-state index in [0.29, 0.717) is 0 Å². The summed E-state index contributed by atoms with van der Waals surface area (Å²) in [6, 6.07) is 0. The summed E-state index contributed by atoms with van der Waals surface area (Å²) < 4.78 is 0. The Morgan fingerprint density at radius 3 is 0.667 bits per heavy atom. The molecule has 0 amide bonds. The van der Waals surface area contributed by atoms with Crippen molar-refractivity contribution in [3.8, 4) is 0 Å². The van der Waals surface area contributed by atoms with Crippen molar-refractivity contribution in [1.82, 2.24) is 0 Å². The fourth-order valence-corrected chi connectivity index (χ4v) is 0. The van der Waals surface area contributed by atoms with Crippen molar-refractivity contribution in [3.05, 3.63) is 9.93 Å². The van der Waals surface area contributed by atoms with Gasteiger partial charge in [-0.05, 0) is 0 Å². The van der Waals surface area contributed by atoms with Gasteiger partial charge < -0.3 is 21.9 Å². The molecule has 0 rings (SSSR count). The summed E-state index contributed by atoms with van der Waals surface area (Å²) >= 11 is 0. The van der Waals surface area contributed by atoms with Crippen LogP contribution in [0, 0.1) is 9.93 Å². The van der Waals surface area contributed by atoms with Crippen molar-refractivity contribution < 1.29 is 64.4 Å². The van der Waals surface area contributed by atoms with E-state index in [9.17, 15) is 0 Å². The van der Waals surface area contributed by atoms with Gasteiger partial charge in [-0.25, -0.2) is 21.0 Å². The molecule has 0 heterocycles. The lowest BCUT2D eigenvalue weighted by Gasteiger charge is -1.56. The van der Waals surface area contributed by atoms with Crippen LogP contribution in [0.5, 0.6) is 0 Å². The summed E-state index contributed by atoms with van der Waals surface area (Å²) in [7, 11) is 0. The number of hydrogen-bond acceptors (Lipinski definition) is 8. The third-order valence-electron chi connectivity index (χ3n) is 0. The van der Waals surface area contributed by atoms with Gasteiger partial charge in [0.2, 0.25) is 0 Å². The van der Waals surface area contributed by atoms with Crippen LogP contribution in [0.1, 0.15) is 11.4 Å². The molecular formula is H20O12+8. The lowest BCUT2D eigenvalue weighted by molar-refractivity contribution is -0.465. The van der Waals surface area contributed by atoms with Crippen LogP contribution in [0.25, 0.3) is 0 Å². The molecule has 0 saturated heterocycles. The average molecular weight is 212 g/mol. The molecule has 0 aliphatic heterocycles. The topological polar surface area (TPSA) is 260 Å². The summed E-state index contributed by atoms with van der Waals surface area (Å²) in [6.45, 7) is 0. The maximum atomic E-state index is 7.00. The quantitative estimate of drug-likeness (QED) is 0.247. The van der Waals surface area contributed by atoms with Crippen LogP contribution < -0.4 is 0 Å². The normalized spacial score (nSPS) is 3.33. The van der Waals surface area contributed by atoms with Gasteiger partial charge in [0.25, 0.3) is 0 Å². The molecule has 0 spiro atoms. The molecule has 0 fully saturated rings. The fourth-order valence-electron chi connectivity index (χ4n) is 0. The summed E-state index contributed by atoms with van der Waals surface area (Å²) in [5, 5.41) is 31.0. The Bertz CT molecular complexity index is 26.9. The van der Waals surface area contributed by atoms with Crippen LogP contribution in [0.4, 0.5) is 0 Å². The van der Waals surface area contributed by atoms with Gasteiger partial charge in [0.05, 0.1) is 0 Å². The van der Waals surface area contributed by atoms with Crippen molar-refractivity contribution in [2.24, 2.45) is 0 Å². The molecule has 0 aliphatic rings. The molecule has 12 heavy (non-hydrogen) atoms. The first-order valence-electron chi connectivity index (χ1n) is 0.897. The van der Waals surface area contributed by atoms with E-state index >= 15 is 0 Å². The van der Waals surface area contributed by atoms with E-state index in [1.807, 2.05) is 0 Å². The molecule has 12 nitrogen and oxygen atoms in total. The SMILES string of the molecule is O.O.O.O.O=O.OOO.OOO.[H+].[H+].[H+].[H+].[H+].[H+].[H+].[H+]. The Morgan fingerprint density at radius 1 is 0.667 bits per heavy atom. The fraction of sp³-hybridized carbons (Fsp3) is 0. The number of hydrogen-bond donors (Lipinski definition) is 4. The molecule has 0 atom stereocenters. The van der Waals surface area contributed by atoms with E-state index in [4.69, 9.17) is 31.0 Å². The van der Waals surface area contributed by atoms with Crippen LogP contribution in [0.15, 0.2) is 0 Å². The molecule has 0 unspecified atom stereocenters. The molecule has 0 aromatic rings. The molecule has 0 aromatic heterocycles. The maximum absolute atomic E-state index is 7.00. The van der Waals surface area contributed by atoms with Crippen molar-refractivity contribution in [1.29, 1.82) is 0 Å². The minimum absolute atomic E-state index is 0. The second-order valence-corrected chi connectivity index (χ2v) is 0.163. The van der Waals surface area contributed by atoms with Gasteiger partial charge in [-0.2, -0.15) is 0 Å². The minimum Gasteiger partial charge on any atom is -0.412 e. The Kier molecular flexibility index (Phi) is 3300. The standard InChI is InChI=1S/2H2O3.O2.4H2O/c2*1-3-2;1-2;;;;/h2*1-2H;;4*1H2/p+8. The zero-order valence-corrected chi connectivity index (χ0v) is 5.42. The molecule has 12 N–H and O–H groups in total. The van der Waals surface area contributed by atoms with Gasteiger partial charge in [0.1, 0.15) is 0 Å². The molecule has 0 saturated carbocycles. The average Bonchev–Trinajstić information content (AvgIpc) is 1.75. The summed E-state index contributed by atoms with van der Waals surface area (Å²) in [4.78, 5) is 14.0. The van der Waals surface area contributed by atoms with Gasteiger partial charge in [0, 0.05) is 9.93 Å². The molecule has 0 bridgehead atoms. The van der Waals surface area contributed by atoms with E-state index in [-0.39, 0.29) is 33.3 Å². The second kappa shape index (κ2) is 600. The molecule has 0 aromatic carbocycles. The highest BCUT2D eigenvalue weighted by molar-refractivity contribution is 4.07. The van der Waals surface area contributed by atoms with Crippen LogP contribution in [0.2, 0.25) is 0 Å². The first kappa shape index (κ1) is 66.1. The minimum atomic E-state index is 0. The Hall–Kier alpha value is -0.800. The zero-order chi connectivity index (χ0) is 7.41. The molecule has 12 heteroatoms. The van der Waals surface area contributed by atoms with Gasteiger partial charge in [-0.1, -0.05) is 10.1 Å². The Balaban J connectivity index is -0.00000000112. The molecule has 0 radical (unpaired) electrons. The second-order valence-electron chi connectivity index (χ2n) is 0.163. The van der Waals surface area contributed by atoms with Crippen molar-refractivity contribution in [2.75, 3.05) is 0 Å². The van der Waals surface area contributed by atoms with Crippen molar-refractivity contribution >= 4 is 0 Å². The van der Waals surface area contributed by atoms with Crippen LogP contribution in [0.3, 0.4) is 0 Å². The van der Waals surface area contributed by atoms with Crippen molar-refractivity contribution in [3.63, 3.8) is 0 Å². The van der Waals surface area contributed by atoms with Gasteiger partial charge in [-0.15, -0.1) is 0 Å². The zero-order valence-electron chi connectivity index (χ0n) is 13.4. The van der Waals surface area contributed by atoms with E-state index in [0.717, 1.165) is 0 Å². The highest BCUT2D eigenvalue weighted by Gasteiger charge is 1.27. The third-order valence-corrected chi connectivity index (χ3v) is 0. The first-order chi connectivity index (χ1) is 3.83. The lowest BCUT2D eigenvalue weighted by Crippen LogP contribution is -1.60. The molecular weight excluding hydrogens is 192 g/mol. The summed E-state index contributed by atoms with van der Waals surface area (Å²) in [5.74, 6) is 0. The van der Waals surface area contributed by atoms with Gasteiger partial charge in [-0.3, -0.25) is 0 Å². The van der Waals surface area contributed by atoms with Crippen molar-refractivity contribution in [2.45, 2.75) is 0 Å². The lowest BCUT2D eigenvalue weighted by atomic mass is 14.6. The summed E-state index contributed by atoms with van der Waals surface area (Å²) in [6.07, 6.45) is 0. The molecule has 84 valence electrons. The maximum Gasteiger partial charge on any atom is 1.00 e. The van der Waals surface area contributed by atoms with Crippen LogP contribution >= 0.6 is 0 Å². The number of rotatable bonds is 0. The highest BCUT2D eigenvalue weighted by atomic mass is 17.4. The first-order valence-corrected chi connectivity index (χ1v) is 0.897. The van der Waals surface area contributed by atoms with E-state index in [1.54, 1.807) is 0 Å². The predicted octanol–water partition coefficient (Wildman–Crippen LogP) is -2.43.